The van der Waals surface area contributed by atoms with E-state index < -0.39 is 49.5 Å². The summed E-state index contributed by atoms with van der Waals surface area (Å²) >= 11 is 0. The Morgan fingerprint density at radius 2 is 0.971 bits per heavy atom. The van der Waals surface area contributed by atoms with Crippen LogP contribution in [0.4, 0.5) is 0 Å². The summed E-state index contributed by atoms with van der Waals surface area (Å²) in [5.74, 6) is -0.254. The molecule has 0 radical (unpaired) electrons. The molecule has 1 aliphatic heterocycles. The van der Waals surface area contributed by atoms with Crippen molar-refractivity contribution in [2.45, 2.75) is 281 Å². The summed E-state index contributed by atoms with van der Waals surface area (Å²) in [6, 6.07) is -0.839. The third-order valence-corrected chi connectivity index (χ3v) is 13.1. The number of carbonyl (C=O) groups excluding carboxylic acids is 2. The van der Waals surface area contributed by atoms with E-state index in [1.807, 2.05) is 6.08 Å². The number of amides is 1. The lowest BCUT2D eigenvalue weighted by Gasteiger charge is -2.40. The maximum Gasteiger partial charge on any atom is 0.305 e. The van der Waals surface area contributed by atoms with Crippen LogP contribution < -0.4 is 5.32 Å². The van der Waals surface area contributed by atoms with Crippen molar-refractivity contribution in [2.75, 3.05) is 19.8 Å². The molecule has 406 valence electrons. The molecule has 1 saturated heterocycles. The number of nitrogens with one attached hydrogen (secondary N) is 1. The Balaban J connectivity index is 2.09. The predicted octanol–water partition coefficient (Wildman–Crippen LogP) is 12.7. The Morgan fingerprint density at radius 1 is 0.529 bits per heavy atom. The molecule has 0 bridgehead atoms. The van der Waals surface area contributed by atoms with Gasteiger partial charge in [0.05, 0.1) is 32.0 Å². The Kier molecular flexibility index (Phi) is 45.4. The van der Waals surface area contributed by atoms with E-state index in [4.69, 9.17) is 14.2 Å². The van der Waals surface area contributed by atoms with Gasteiger partial charge >= 0.3 is 5.97 Å². The molecule has 1 amide bonds. The molecule has 11 heteroatoms. The van der Waals surface area contributed by atoms with Crippen LogP contribution in [0.3, 0.4) is 0 Å². The van der Waals surface area contributed by atoms with Gasteiger partial charge in [0.1, 0.15) is 24.4 Å². The Labute approximate surface area is 427 Å². The molecule has 1 rings (SSSR count). The fourth-order valence-electron chi connectivity index (χ4n) is 8.47. The first-order chi connectivity index (χ1) is 34.2. The van der Waals surface area contributed by atoms with Crippen molar-refractivity contribution >= 4 is 11.9 Å². The lowest BCUT2D eigenvalue weighted by molar-refractivity contribution is -0.302. The van der Waals surface area contributed by atoms with Crippen molar-refractivity contribution in [2.24, 2.45) is 0 Å². The average molecular weight is 988 g/mol. The van der Waals surface area contributed by atoms with Gasteiger partial charge in [0, 0.05) is 12.8 Å². The van der Waals surface area contributed by atoms with Crippen molar-refractivity contribution in [3.8, 4) is 0 Å². The molecule has 11 nitrogen and oxygen atoms in total. The first-order valence-corrected chi connectivity index (χ1v) is 28.6. The van der Waals surface area contributed by atoms with Gasteiger partial charge in [-0.1, -0.05) is 177 Å². The van der Waals surface area contributed by atoms with Gasteiger partial charge in [0.15, 0.2) is 6.29 Å². The highest BCUT2D eigenvalue weighted by molar-refractivity contribution is 5.76. The number of hydrogen-bond acceptors (Lipinski definition) is 10. The first kappa shape index (κ1) is 65.4. The molecule has 70 heavy (non-hydrogen) atoms. The molecule has 1 fully saturated rings. The second kappa shape index (κ2) is 48.6. The van der Waals surface area contributed by atoms with E-state index in [9.17, 15) is 35.1 Å². The van der Waals surface area contributed by atoms with Crippen LogP contribution in [0, 0.1) is 0 Å². The number of aliphatic hydroxyl groups is 5. The van der Waals surface area contributed by atoms with Gasteiger partial charge in [0.2, 0.25) is 5.91 Å². The summed E-state index contributed by atoms with van der Waals surface area (Å²) in [4.78, 5) is 25.0. The molecule has 7 unspecified atom stereocenters. The topological polar surface area (TPSA) is 175 Å². The normalized spacial score (nSPS) is 19.7. The van der Waals surface area contributed by atoms with Crippen molar-refractivity contribution in [1.82, 2.24) is 5.32 Å². The molecule has 6 N–H and O–H groups in total. The third kappa shape index (κ3) is 38.0. The zero-order chi connectivity index (χ0) is 51.0. The summed E-state index contributed by atoms with van der Waals surface area (Å²) in [7, 11) is 0. The first-order valence-electron chi connectivity index (χ1n) is 28.6. The van der Waals surface area contributed by atoms with Crippen LogP contribution in [-0.4, -0.2) is 100 Å². The van der Waals surface area contributed by atoms with Gasteiger partial charge in [-0.2, -0.15) is 0 Å². The smallest absolute Gasteiger partial charge is 0.305 e. The van der Waals surface area contributed by atoms with Crippen LogP contribution in [-0.2, 0) is 23.8 Å². The van der Waals surface area contributed by atoms with Crippen LogP contribution in [0.2, 0.25) is 0 Å². The van der Waals surface area contributed by atoms with Crippen molar-refractivity contribution in [3.05, 3.63) is 60.8 Å². The third-order valence-electron chi connectivity index (χ3n) is 13.1. The van der Waals surface area contributed by atoms with Crippen LogP contribution in [0.25, 0.3) is 0 Å². The van der Waals surface area contributed by atoms with Gasteiger partial charge in [-0.15, -0.1) is 0 Å². The number of aliphatic hydroxyl groups excluding tert-OH is 5. The quantitative estimate of drug-likeness (QED) is 0.0196. The van der Waals surface area contributed by atoms with Crippen LogP contribution in [0.15, 0.2) is 60.8 Å². The number of carbonyl (C=O) groups is 2. The summed E-state index contributed by atoms with van der Waals surface area (Å²) in [6.45, 7) is 4.20. The Morgan fingerprint density at radius 3 is 1.53 bits per heavy atom. The predicted molar refractivity (Wildman–Crippen MR) is 287 cm³/mol. The van der Waals surface area contributed by atoms with E-state index in [1.54, 1.807) is 6.08 Å². The molecular weight excluding hydrogens is 883 g/mol. The van der Waals surface area contributed by atoms with E-state index in [1.165, 1.54) is 116 Å². The summed E-state index contributed by atoms with van der Waals surface area (Å²) in [5, 5.41) is 54.1. The van der Waals surface area contributed by atoms with Gasteiger partial charge in [0.25, 0.3) is 0 Å². The molecule has 0 aliphatic carbocycles. The van der Waals surface area contributed by atoms with Crippen molar-refractivity contribution in [3.63, 3.8) is 0 Å². The van der Waals surface area contributed by atoms with E-state index in [0.717, 1.165) is 96.3 Å². The molecule has 0 spiro atoms. The summed E-state index contributed by atoms with van der Waals surface area (Å²) in [6.07, 6.45) is 51.8. The zero-order valence-electron chi connectivity index (χ0n) is 44.5. The van der Waals surface area contributed by atoms with Gasteiger partial charge in [-0.25, -0.2) is 0 Å². The largest absolute Gasteiger partial charge is 0.466 e. The van der Waals surface area contributed by atoms with Crippen LogP contribution >= 0.6 is 0 Å². The number of hydrogen-bond donors (Lipinski definition) is 6. The monoisotopic (exact) mass is 988 g/mol. The van der Waals surface area contributed by atoms with Crippen molar-refractivity contribution in [1.29, 1.82) is 0 Å². The number of allylic oxidation sites excluding steroid dienone is 9. The minimum absolute atomic E-state index is 0.0415. The number of esters is 1. The number of ether oxygens (including phenoxy) is 3. The zero-order valence-corrected chi connectivity index (χ0v) is 44.5. The van der Waals surface area contributed by atoms with Gasteiger partial charge in [-0.3, -0.25) is 9.59 Å². The Bertz CT molecular complexity index is 1350. The highest BCUT2D eigenvalue weighted by Crippen LogP contribution is 2.23. The van der Waals surface area contributed by atoms with E-state index in [-0.39, 0.29) is 18.5 Å². The summed E-state index contributed by atoms with van der Waals surface area (Å²) in [5.41, 5.74) is 0. The fraction of sp³-hybridized carbons (Fsp3) is 0.797. The molecule has 1 aliphatic rings. The van der Waals surface area contributed by atoms with E-state index in [0.29, 0.717) is 19.4 Å². The van der Waals surface area contributed by atoms with Crippen LogP contribution in [0.5, 0.6) is 0 Å². The average Bonchev–Trinajstić information content (AvgIpc) is 3.36. The molecule has 0 saturated carbocycles. The lowest BCUT2D eigenvalue weighted by atomic mass is 9.99. The lowest BCUT2D eigenvalue weighted by Crippen LogP contribution is -2.60. The van der Waals surface area contributed by atoms with Crippen molar-refractivity contribution < 1.29 is 49.3 Å². The maximum atomic E-state index is 13.0. The Hall–Kier alpha value is -2.64. The standard InChI is InChI=1S/C59H105NO10/c1-3-5-7-9-11-13-14-15-16-21-24-27-31-35-39-43-47-55(64)68-48-44-40-36-32-28-25-22-19-17-18-20-23-26-30-34-38-42-46-54(63)60-51(52(62)45-41-37-33-29-12-10-8-6-4-2)50-69-59-58(67)57(66)56(65)53(49-61)70-59/h12,16-17,19,21,25,28-29,41,45,51-53,56-59,61-62,65-67H,3-11,13-15,18,20,22-24,26-27,30-40,42-44,46-50H2,1-2H3,(H,60,63)/b19-17-,21-16-,28-25-,29-12+,45-41+. The molecule has 1 heterocycles. The number of rotatable bonds is 48. The van der Waals surface area contributed by atoms with Crippen LogP contribution in [0.1, 0.15) is 239 Å². The molecule has 7 atom stereocenters. The number of unbranched alkanes of at least 4 members (excludes halogenated alkanes) is 26. The maximum absolute atomic E-state index is 13.0. The summed E-state index contributed by atoms with van der Waals surface area (Å²) < 4.78 is 16.6. The minimum atomic E-state index is -1.58. The van der Waals surface area contributed by atoms with E-state index in [2.05, 4.69) is 67.8 Å². The van der Waals surface area contributed by atoms with Gasteiger partial charge < -0.3 is 45.1 Å². The minimum Gasteiger partial charge on any atom is -0.466 e. The second-order valence-electron chi connectivity index (χ2n) is 19.6. The highest BCUT2D eigenvalue weighted by Gasteiger charge is 2.44. The van der Waals surface area contributed by atoms with E-state index >= 15 is 0 Å². The van der Waals surface area contributed by atoms with Gasteiger partial charge in [-0.05, 0) is 109 Å². The second-order valence-corrected chi connectivity index (χ2v) is 19.6. The SMILES string of the molecule is CCCCC/C=C/CC/C=C/C(O)C(COC1OC(CO)C(O)C(O)C1O)NC(=O)CCCCCCCCC/C=C\C/C=C\CCCCCOC(=O)CCCCCCC/C=C\CCCCCCCCC. The molecule has 0 aromatic carbocycles. The molecule has 0 aromatic heterocycles. The fourth-order valence-corrected chi connectivity index (χ4v) is 8.47. The molecular formula is C59H105NO10. The highest BCUT2D eigenvalue weighted by atomic mass is 16.7. The molecule has 0 aromatic rings.